The van der Waals surface area contributed by atoms with Crippen LogP contribution in [0.2, 0.25) is 0 Å². The van der Waals surface area contributed by atoms with E-state index in [0.29, 0.717) is 0 Å². The summed E-state index contributed by atoms with van der Waals surface area (Å²) < 4.78 is 0. The molecule has 1 heteroatoms. The Kier molecular flexibility index (Phi) is 4.91. The maximum atomic E-state index is 2.73. The number of rotatable bonds is 4. The standard InChI is InChI=1S/C19H27N/c1-3-9-17(10-4-1)15-19-13-7-8-14-20(19)16-18-11-5-2-6-12-18/h2,5-6,9,11-12,19H,1,3-4,7-8,10,13-16H2. The van der Waals surface area contributed by atoms with E-state index < -0.39 is 0 Å². The van der Waals surface area contributed by atoms with Gasteiger partial charge < -0.3 is 0 Å². The predicted octanol–water partition coefficient (Wildman–Crippen LogP) is 4.93. The third-order valence-electron chi connectivity index (χ3n) is 4.86. The summed E-state index contributed by atoms with van der Waals surface area (Å²) in [6, 6.07) is 11.8. The first kappa shape index (κ1) is 13.9. The Morgan fingerprint density at radius 3 is 2.70 bits per heavy atom. The van der Waals surface area contributed by atoms with Crippen molar-refractivity contribution in [3.05, 3.63) is 47.5 Å². The van der Waals surface area contributed by atoms with Crippen LogP contribution in [-0.4, -0.2) is 17.5 Å². The van der Waals surface area contributed by atoms with E-state index in [2.05, 4.69) is 41.3 Å². The first-order valence-corrected chi connectivity index (χ1v) is 8.38. The summed E-state index contributed by atoms with van der Waals surface area (Å²) in [6.07, 6.45) is 13.5. The number of hydrogen-bond acceptors (Lipinski definition) is 1. The fourth-order valence-electron chi connectivity index (χ4n) is 3.71. The lowest BCUT2D eigenvalue weighted by molar-refractivity contribution is 0.138. The molecule has 1 nitrogen and oxygen atoms in total. The van der Waals surface area contributed by atoms with Crippen molar-refractivity contribution in [2.24, 2.45) is 0 Å². The molecule has 20 heavy (non-hydrogen) atoms. The summed E-state index contributed by atoms with van der Waals surface area (Å²) in [5.41, 5.74) is 3.21. The van der Waals surface area contributed by atoms with Gasteiger partial charge in [-0.05, 0) is 57.1 Å². The van der Waals surface area contributed by atoms with Crippen molar-refractivity contribution < 1.29 is 0 Å². The van der Waals surface area contributed by atoms with Crippen LogP contribution >= 0.6 is 0 Å². The van der Waals surface area contributed by atoms with Crippen LogP contribution in [-0.2, 0) is 6.54 Å². The molecule has 0 aromatic heterocycles. The first-order valence-electron chi connectivity index (χ1n) is 8.38. The van der Waals surface area contributed by atoms with E-state index in [9.17, 15) is 0 Å². The zero-order valence-corrected chi connectivity index (χ0v) is 12.6. The average Bonchev–Trinajstić information content (AvgIpc) is 2.51. The fourth-order valence-corrected chi connectivity index (χ4v) is 3.71. The van der Waals surface area contributed by atoms with Crippen LogP contribution in [0.1, 0.15) is 56.9 Å². The van der Waals surface area contributed by atoms with Gasteiger partial charge in [-0.1, -0.05) is 48.4 Å². The Morgan fingerprint density at radius 2 is 1.90 bits per heavy atom. The second-order valence-corrected chi connectivity index (χ2v) is 6.42. The van der Waals surface area contributed by atoms with Crippen molar-refractivity contribution in [1.29, 1.82) is 0 Å². The Hall–Kier alpha value is -1.08. The molecule has 1 fully saturated rings. The van der Waals surface area contributed by atoms with Gasteiger partial charge >= 0.3 is 0 Å². The lowest BCUT2D eigenvalue weighted by Crippen LogP contribution is -2.39. The molecule has 1 aliphatic heterocycles. The molecule has 0 N–H and O–H groups in total. The van der Waals surface area contributed by atoms with Gasteiger partial charge in [0.05, 0.1) is 0 Å². The number of hydrogen-bond donors (Lipinski definition) is 0. The molecule has 108 valence electrons. The zero-order valence-electron chi connectivity index (χ0n) is 12.6. The monoisotopic (exact) mass is 269 g/mol. The van der Waals surface area contributed by atoms with Crippen LogP contribution < -0.4 is 0 Å². The zero-order chi connectivity index (χ0) is 13.6. The van der Waals surface area contributed by atoms with E-state index in [1.807, 2.05) is 0 Å². The summed E-state index contributed by atoms with van der Waals surface area (Å²) in [4.78, 5) is 2.73. The van der Waals surface area contributed by atoms with Gasteiger partial charge in [-0.25, -0.2) is 0 Å². The molecule has 1 unspecified atom stereocenters. The largest absolute Gasteiger partial charge is 0.296 e. The van der Waals surface area contributed by atoms with Crippen molar-refractivity contribution in [3.63, 3.8) is 0 Å². The summed E-state index contributed by atoms with van der Waals surface area (Å²) >= 11 is 0. The van der Waals surface area contributed by atoms with E-state index >= 15 is 0 Å². The molecule has 1 aliphatic carbocycles. The molecule has 0 spiro atoms. The molecule has 1 saturated heterocycles. The lowest BCUT2D eigenvalue weighted by atomic mass is 9.90. The van der Waals surface area contributed by atoms with E-state index in [0.717, 1.165) is 12.6 Å². The van der Waals surface area contributed by atoms with Crippen molar-refractivity contribution in [1.82, 2.24) is 4.90 Å². The van der Waals surface area contributed by atoms with Gasteiger partial charge in [-0.2, -0.15) is 0 Å². The van der Waals surface area contributed by atoms with Gasteiger partial charge in [0.1, 0.15) is 0 Å². The molecular weight excluding hydrogens is 242 g/mol. The van der Waals surface area contributed by atoms with Crippen LogP contribution in [0.4, 0.5) is 0 Å². The number of likely N-dealkylation sites (tertiary alicyclic amines) is 1. The summed E-state index contributed by atoms with van der Waals surface area (Å²) in [7, 11) is 0. The second-order valence-electron chi connectivity index (χ2n) is 6.42. The topological polar surface area (TPSA) is 3.24 Å². The minimum atomic E-state index is 0.785. The molecule has 0 saturated carbocycles. The van der Waals surface area contributed by atoms with Gasteiger partial charge in [0.25, 0.3) is 0 Å². The summed E-state index contributed by atoms with van der Waals surface area (Å²) in [5.74, 6) is 0. The summed E-state index contributed by atoms with van der Waals surface area (Å²) in [5, 5.41) is 0. The Morgan fingerprint density at radius 1 is 1.00 bits per heavy atom. The number of benzene rings is 1. The molecule has 0 radical (unpaired) electrons. The van der Waals surface area contributed by atoms with E-state index in [1.54, 1.807) is 5.57 Å². The second kappa shape index (κ2) is 7.08. The van der Waals surface area contributed by atoms with Crippen molar-refractivity contribution in [3.8, 4) is 0 Å². The van der Waals surface area contributed by atoms with Crippen LogP contribution in [0, 0.1) is 0 Å². The molecule has 0 bridgehead atoms. The number of piperidine rings is 1. The van der Waals surface area contributed by atoms with E-state index in [1.165, 1.54) is 63.5 Å². The third kappa shape index (κ3) is 3.73. The van der Waals surface area contributed by atoms with Crippen LogP contribution in [0.15, 0.2) is 42.0 Å². The molecular formula is C19H27N. The maximum absolute atomic E-state index is 2.73. The smallest absolute Gasteiger partial charge is 0.0236 e. The van der Waals surface area contributed by atoms with Crippen LogP contribution in [0.5, 0.6) is 0 Å². The van der Waals surface area contributed by atoms with Gasteiger partial charge in [0.15, 0.2) is 0 Å². The van der Waals surface area contributed by atoms with Gasteiger partial charge in [-0.3, -0.25) is 4.90 Å². The third-order valence-corrected chi connectivity index (χ3v) is 4.86. The quantitative estimate of drug-likeness (QED) is 0.700. The van der Waals surface area contributed by atoms with Crippen LogP contribution in [0.25, 0.3) is 0 Å². The SMILES string of the molecule is C1=C(CC2CCCCN2Cc2ccccc2)CCCC1. The molecule has 1 heterocycles. The fraction of sp³-hybridized carbons (Fsp3) is 0.579. The highest BCUT2D eigenvalue weighted by Crippen LogP contribution is 2.28. The minimum absolute atomic E-state index is 0.785. The van der Waals surface area contributed by atoms with Gasteiger partial charge in [-0.15, -0.1) is 0 Å². The van der Waals surface area contributed by atoms with Crippen molar-refractivity contribution >= 4 is 0 Å². The Balaban J connectivity index is 1.63. The van der Waals surface area contributed by atoms with Crippen molar-refractivity contribution in [2.75, 3.05) is 6.54 Å². The van der Waals surface area contributed by atoms with Gasteiger partial charge in [0, 0.05) is 12.6 Å². The Labute approximate surface area is 123 Å². The highest BCUT2D eigenvalue weighted by Gasteiger charge is 2.23. The van der Waals surface area contributed by atoms with E-state index in [4.69, 9.17) is 0 Å². The molecule has 1 aromatic carbocycles. The predicted molar refractivity (Wildman–Crippen MR) is 85.7 cm³/mol. The molecule has 1 aromatic rings. The maximum Gasteiger partial charge on any atom is 0.0236 e. The lowest BCUT2D eigenvalue weighted by Gasteiger charge is -2.36. The highest BCUT2D eigenvalue weighted by molar-refractivity contribution is 5.15. The molecule has 0 amide bonds. The van der Waals surface area contributed by atoms with Crippen molar-refractivity contribution in [2.45, 2.75) is 64.0 Å². The van der Waals surface area contributed by atoms with E-state index in [-0.39, 0.29) is 0 Å². The molecule has 2 aliphatic rings. The highest BCUT2D eigenvalue weighted by atomic mass is 15.2. The minimum Gasteiger partial charge on any atom is -0.296 e. The normalized spacial score (nSPS) is 24.4. The number of nitrogens with zero attached hydrogens (tertiary/aromatic N) is 1. The van der Waals surface area contributed by atoms with Gasteiger partial charge in [0.2, 0.25) is 0 Å². The average molecular weight is 269 g/mol. The number of allylic oxidation sites excluding steroid dienone is 1. The molecule has 3 rings (SSSR count). The Bertz CT molecular complexity index is 434. The first-order chi connectivity index (χ1) is 9.92. The molecule has 1 atom stereocenters. The van der Waals surface area contributed by atoms with Crippen LogP contribution in [0.3, 0.4) is 0 Å². The summed E-state index contributed by atoms with van der Waals surface area (Å²) in [6.45, 7) is 2.42.